The van der Waals surface area contributed by atoms with Crippen LogP contribution in [0.5, 0.6) is 0 Å². The molecule has 2 N–H and O–H groups in total. The Kier molecular flexibility index (Phi) is 21.9. The molecule has 0 saturated heterocycles. The Morgan fingerprint density at radius 2 is 1.89 bits per heavy atom. The highest BCUT2D eigenvalue weighted by molar-refractivity contribution is 5.29. The van der Waals surface area contributed by atoms with Gasteiger partial charge in [-0.1, -0.05) is 58.6 Å². The summed E-state index contributed by atoms with van der Waals surface area (Å²) in [5.74, 6) is 0. The summed E-state index contributed by atoms with van der Waals surface area (Å²) in [5, 5.41) is 8.41. The van der Waals surface area contributed by atoms with Crippen molar-refractivity contribution in [3.8, 4) is 6.07 Å². The highest BCUT2D eigenvalue weighted by Crippen LogP contribution is 2.07. The first kappa shape index (κ1) is 21.9. The third kappa shape index (κ3) is 14.6. The molecule has 0 aromatic heterocycles. The lowest BCUT2D eigenvalue weighted by Crippen LogP contribution is -2.24. The van der Waals surface area contributed by atoms with Gasteiger partial charge in [0.15, 0.2) is 0 Å². The number of allylic oxidation sites excluding steroid dienone is 2. The molecule has 3 nitrogen and oxygen atoms in total. The van der Waals surface area contributed by atoms with Gasteiger partial charge in [0, 0.05) is 0 Å². The van der Waals surface area contributed by atoms with Crippen LogP contribution in [0.3, 0.4) is 0 Å². The predicted octanol–water partition coefficient (Wildman–Crippen LogP) is 3.59. The van der Waals surface area contributed by atoms with Gasteiger partial charge in [0.1, 0.15) is 6.04 Å². The standard InChI is InChI=1S/C11H16N2O.2C2H6/c1-4-5-10(9(2)3)7-14-8-11(13)6-12;2*1-2/h4-5,11H,1-2,7-8,13H2,3H3;2*1-2H3/b10-5-;;. The Balaban J connectivity index is -0.000000506. The maximum absolute atomic E-state index is 8.41. The second-order valence-corrected chi connectivity index (χ2v) is 2.96. The summed E-state index contributed by atoms with van der Waals surface area (Å²) < 4.78 is 5.24. The van der Waals surface area contributed by atoms with Crippen molar-refractivity contribution < 1.29 is 4.74 Å². The molecule has 0 saturated carbocycles. The van der Waals surface area contributed by atoms with E-state index in [2.05, 4.69) is 13.2 Å². The number of ether oxygens (including phenoxy) is 1. The second kappa shape index (κ2) is 18.0. The van der Waals surface area contributed by atoms with E-state index in [4.69, 9.17) is 15.7 Å². The summed E-state index contributed by atoms with van der Waals surface area (Å²) in [7, 11) is 0. The Bertz CT molecular complexity index is 275. The van der Waals surface area contributed by atoms with Crippen LogP contribution in [0.4, 0.5) is 0 Å². The summed E-state index contributed by atoms with van der Waals surface area (Å²) in [6.45, 7) is 17.9. The molecular formula is C15H28N2O. The molecule has 0 aliphatic carbocycles. The molecule has 0 aliphatic rings. The molecule has 0 radical (unpaired) electrons. The first-order chi connectivity index (χ1) is 8.61. The first-order valence-electron chi connectivity index (χ1n) is 6.32. The predicted molar refractivity (Wildman–Crippen MR) is 80.2 cm³/mol. The van der Waals surface area contributed by atoms with Gasteiger partial charge in [-0.2, -0.15) is 5.26 Å². The van der Waals surface area contributed by atoms with E-state index in [0.29, 0.717) is 6.61 Å². The smallest absolute Gasteiger partial charge is 0.116 e. The molecule has 3 heteroatoms. The fourth-order valence-electron chi connectivity index (χ4n) is 0.789. The van der Waals surface area contributed by atoms with Crippen LogP contribution in [-0.4, -0.2) is 19.3 Å². The van der Waals surface area contributed by atoms with Crippen molar-refractivity contribution in [2.45, 2.75) is 40.7 Å². The van der Waals surface area contributed by atoms with Crippen molar-refractivity contribution in [2.24, 2.45) is 5.73 Å². The third-order valence-corrected chi connectivity index (χ3v) is 1.59. The average Bonchev–Trinajstić information content (AvgIpc) is 2.41. The van der Waals surface area contributed by atoms with Crippen LogP contribution in [0.1, 0.15) is 34.6 Å². The second-order valence-electron chi connectivity index (χ2n) is 2.96. The molecule has 0 bridgehead atoms. The highest BCUT2D eigenvalue weighted by Gasteiger charge is 2.01. The quantitative estimate of drug-likeness (QED) is 0.735. The SMILES string of the molecule is C=C/C=C(/COCC(N)C#N)C(=C)C.CC.CC. The monoisotopic (exact) mass is 252 g/mol. The number of nitrogens with two attached hydrogens (primary N) is 1. The molecule has 1 unspecified atom stereocenters. The first-order valence-corrected chi connectivity index (χ1v) is 6.32. The maximum atomic E-state index is 8.41. The van der Waals surface area contributed by atoms with E-state index < -0.39 is 6.04 Å². The maximum Gasteiger partial charge on any atom is 0.116 e. The largest absolute Gasteiger partial charge is 0.374 e. The number of hydrogen-bond acceptors (Lipinski definition) is 3. The summed E-state index contributed by atoms with van der Waals surface area (Å²) in [4.78, 5) is 0. The van der Waals surface area contributed by atoms with Gasteiger partial charge in [0.05, 0.1) is 19.3 Å². The Morgan fingerprint density at radius 1 is 1.39 bits per heavy atom. The van der Waals surface area contributed by atoms with Gasteiger partial charge in [0.2, 0.25) is 0 Å². The molecule has 0 aromatic carbocycles. The van der Waals surface area contributed by atoms with E-state index in [1.54, 1.807) is 6.08 Å². The number of nitrogens with zero attached hydrogens (tertiary/aromatic N) is 1. The van der Waals surface area contributed by atoms with Crippen LogP contribution in [0, 0.1) is 11.3 Å². The van der Waals surface area contributed by atoms with E-state index in [9.17, 15) is 0 Å². The topological polar surface area (TPSA) is 59.0 Å². The number of nitriles is 1. The minimum atomic E-state index is -0.565. The normalized spacial score (nSPS) is 10.8. The zero-order chi connectivity index (χ0) is 15.0. The van der Waals surface area contributed by atoms with Crippen LogP contribution in [0.25, 0.3) is 0 Å². The molecular weight excluding hydrogens is 224 g/mol. The van der Waals surface area contributed by atoms with Crippen molar-refractivity contribution in [3.63, 3.8) is 0 Å². The molecule has 0 aromatic rings. The highest BCUT2D eigenvalue weighted by atomic mass is 16.5. The van der Waals surface area contributed by atoms with Crippen LogP contribution in [-0.2, 0) is 4.74 Å². The minimum Gasteiger partial charge on any atom is -0.374 e. The van der Waals surface area contributed by atoms with Crippen LogP contribution in [0.2, 0.25) is 0 Å². The molecule has 0 fully saturated rings. The fourth-order valence-corrected chi connectivity index (χ4v) is 0.789. The van der Waals surface area contributed by atoms with Crippen LogP contribution >= 0.6 is 0 Å². The molecule has 0 heterocycles. The Morgan fingerprint density at radius 3 is 2.22 bits per heavy atom. The molecule has 104 valence electrons. The van der Waals surface area contributed by atoms with Gasteiger partial charge < -0.3 is 10.5 Å². The Labute approximate surface area is 113 Å². The lowest BCUT2D eigenvalue weighted by molar-refractivity contribution is 0.153. The van der Waals surface area contributed by atoms with Gasteiger partial charge in [-0.05, 0) is 12.5 Å². The van der Waals surface area contributed by atoms with E-state index in [1.165, 1.54) is 0 Å². The molecule has 0 spiro atoms. The third-order valence-electron chi connectivity index (χ3n) is 1.59. The van der Waals surface area contributed by atoms with Crippen molar-refractivity contribution in [1.29, 1.82) is 5.26 Å². The van der Waals surface area contributed by atoms with Gasteiger partial charge >= 0.3 is 0 Å². The Hall–Kier alpha value is -1.37. The van der Waals surface area contributed by atoms with Gasteiger partial charge in [-0.15, -0.1) is 0 Å². The summed E-state index contributed by atoms with van der Waals surface area (Å²) >= 11 is 0. The van der Waals surface area contributed by atoms with Crippen molar-refractivity contribution in [3.05, 3.63) is 36.5 Å². The lowest BCUT2D eigenvalue weighted by Gasteiger charge is -2.08. The average molecular weight is 252 g/mol. The van der Waals surface area contributed by atoms with Gasteiger partial charge in [-0.25, -0.2) is 0 Å². The molecule has 0 amide bonds. The zero-order valence-corrected chi connectivity index (χ0v) is 12.5. The lowest BCUT2D eigenvalue weighted by atomic mass is 10.1. The minimum absolute atomic E-state index is 0.234. The molecule has 1 atom stereocenters. The summed E-state index contributed by atoms with van der Waals surface area (Å²) in [5.41, 5.74) is 7.25. The van der Waals surface area contributed by atoms with Gasteiger partial charge in [-0.3, -0.25) is 0 Å². The molecule has 18 heavy (non-hydrogen) atoms. The van der Waals surface area contributed by atoms with Crippen LogP contribution < -0.4 is 5.73 Å². The zero-order valence-electron chi connectivity index (χ0n) is 12.5. The number of hydrogen-bond donors (Lipinski definition) is 1. The van der Waals surface area contributed by atoms with Crippen molar-refractivity contribution in [2.75, 3.05) is 13.2 Å². The van der Waals surface area contributed by atoms with Gasteiger partial charge in [0.25, 0.3) is 0 Å². The van der Waals surface area contributed by atoms with Crippen molar-refractivity contribution >= 4 is 0 Å². The van der Waals surface area contributed by atoms with E-state index >= 15 is 0 Å². The van der Waals surface area contributed by atoms with E-state index in [1.807, 2.05) is 46.8 Å². The van der Waals surface area contributed by atoms with E-state index in [0.717, 1.165) is 11.1 Å². The molecule has 0 aliphatic heterocycles. The van der Waals surface area contributed by atoms with Crippen molar-refractivity contribution in [1.82, 2.24) is 0 Å². The summed E-state index contributed by atoms with van der Waals surface area (Å²) in [6.07, 6.45) is 3.51. The fraction of sp³-hybridized carbons (Fsp3) is 0.533. The van der Waals surface area contributed by atoms with Crippen LogP contribution in [0.15, 0.2) is 36.5 Å². The van der Waals surface area contributed by atoms with E-state index in [-0.39, 0.29) is 6.61 Å². The summed E-state index contributed by atoms with van der Waals surface area (Å²) in [6, 6.07) is 1.33. The number of rotatable bonds is 6. The molecule has 0 rings (SSSR count).